The highest BCUT2D eigenvalue weighted by molar-refractivity contribution is 7.09. The highest BCUT2D eigenvalue weighted by atomic mass is 32.1. The van der Waals surface area contributed by atoms with Gasteiger partial charge in [0.25, 0.3) is 0 Å². The molecule has 1 N–H and O–H groups in total. The molecule has 0 saturated carbocycles. The lowest BCUT2D eigenvalue weighted by molar-refractivity contribution is 1.13. The van der Waals surface area contributed by atoms with Gasteiger partial charge < -0.3 is 5.32 Å². The minimum absolute atomic E-state index is 0.734. The fourth-order valence-electron chi connectivity index (χ4n) is 1.55. The van der Waals surface area contributed by atoms with E-state index in [2.05, 4.69) is 20.3 Å². The van der Waals surface area contributed by atoms with Crippen LogP contribution in [0.1, 0.15) is 4.88 Å². The van der Waals surface area contributed by atoms with Crippen molar-refractivity contribution in [3.63, 3.8) is 0 Å². The standard InChI is InChI=1S/C12H10N4S/c1-2-4-11-10(3-1)14-7-12(16-11)15-6-9-5-13-8-17-9/h1-5,7-8H,6H2,(H,15,16). The van der Waals surface area contributed by atoms with Crippen LogP contribution in [-0.4, -0.2) is 15.0 Å². The first-order chi connectivity index (χ1) is 8.42. The SMILES string of the molecule is c1ccc2nc(NCc3cncs3)cnc2c1. The average Bonchev–Trinajstić information content (AvgIpc) is 2.89. The molecule has 0 bridgehead atoms. The van der Waals surface area contributed by atoms with Crippen molar-refractivity contribution in [1.29, 1.82) is 0 Å². The Morgan fingerprint density at radius 2 is 2.00 bits per heavy atom. The molecule has 0 atom stereocenters. The van der Waals surface area contributed by atoms with Crippen LogP contribution in [0.15, 0.2) is 42.2 Å². The van der Waals surface area contributed by atoms with Crippen LogP contribution in [0.25, 0.3) is 11.0 Å². The van der Waals surface area contributed by atoms with E-state index < -0.39 is 0 Å². The number of hydrogen-bond donors (Lipinski definition) is 1. The molecule has 2 heterocycles. The summed E-state index contributed by atoms with van der Waals surface area (Å²) in [6.45, 7) is 0.734. The van der Waals surface area contributed by atoms with E-state index in [0.29, 0.717) is 0 Å². The van der Waals surface area contributed by atoms with E-state index >= 15 is 0 Å². The van der Waals surface area contributed by atoms with Crippen LogP contribution in [0.4, 0.5) is 5.82 Å². The van der Waals surface area contributed by atoms with Crippen molar-refractivity contribution in [1.82, 2.24) is 15.0 Å². The lowest BCUT2D eigenvalue weighted by Gasteiger charge is -2.04. The lowest BCUT2D eigenvalue weighted by Crippen LogP contribution is -2.00. The summed E-state index contributed by atoms with van der Waals surface area (Å²) >= 11 is 1.62. The molecule has 0 aliphatic heterocycles. The van der Waals surface area contributed by atoms with E-state index in [0.717, 1.165) is 23.4 Å². The third-order valence-corrected chi connectivity index (χ3v) is 3.16. The number of hydrogen-bond acceptors (Lipinski definition) is 5. The van der Waals surface area contributed by atoms with E-state index in [1.807, 2.05) is 36.0 Å². The predicted molar refractivity (Wildman–Crippen MR) is 69.0 cm³/mol. The predicted octanol–water partition coefficient (Wildman–Crippen LogP) is 2.70. The molecule has 0 fully saturated rings. The van der Waals surface area contributed by atoms with Crippen molar-refractivity contribution < 1.29 is 0 Å². The molecule has 3 aromatic rings. The largest absolute Gasteiger partial charge is 0.364 e. The highest BCUT2D eigenvalue weighted by Crippen LogP contribution is 2.13. The Morgan fingerprint density at radius 3 is 2.82 bits per heavy atom. The van der Waals surface area contributed by atoms with Gasteiger partial charge in [0, 0.05) is 11.1 Å². The van der Waals surface area contributed by atoms with Crippen LogP contribution in [0.2, 0.25) is 0 Å². The fraction of sp³-hybridized carbons (Fsp3) is 0.0833. The van der Waals surface area contributed by atoms with Gasteiger partial charge in [0.05, 0.1) is 29.3 Å². The molecule has 0 spiro atoms. The molecule has 0 radical (unpaired) electrons. The van der Waals surface area contributed by atoms with Crippen LogP contribution in [0.3, 0.4) is 0 Å². The molecule has 0 amide bonds. The molecule has 0 aliphatic carbocycles. The van der Waals surface area contributed by atoms with Crippen LogP contribution < -0.4 is 5.32 Å². The second kappa shape index (κ2) is 4.47. The molecular formula is C12H10N4S. The number of fused-ring (bicyclic) bond motifs is 1. The minimum atomic E-state index is 0.734. The van der Waals surface area contributed by atoms with Crippen molar-refractivity contribution in [3.05, 3.63) is 47.0 Å². The number of anilines is 1. The first kappa shape index (κ1) is 10.2. The third-order valence-electron chi connectivity index (χ3n) is 2.38. The van der Waals surface area contributed by atoms with Gasteiger partial charge in [-0.1, -0.05) is 12.1 Å². The van der Waals surface area contributed by atoms with Gasteiger partial charge in [-0.25, -0.2) is 4.98 Å². The summed E-state index contributed by atoms with van der Waals surface area (Å²) in [7, 11) is 0. The van der Waals surface area contributed by atoms with Gasteiger partial charge >= 0.3 is 0 Å². The van der Waals surface area contributed by atoms with Gasteiger partial charge in [0.15, 0.2) is 0 Å². The maximum absolute atomic E-state index is 4.49. The van der Waals surface area contributed by atoms with Gasteiger partial charge in [-0.2, -0.15) is 0 Å². The number of thiazole rings is 1. The van der Waals surface area contributed by atoms with Gasteiger partial charge in [0.2, 0.25) is 0 Å². The first-order valence-corrected chi connectivity index (χ1v) is 6.13. The summed E-state index contributed by atoms with van der Waals surface area (Å²) in [6, 6.07) is 7.83. The summed E-state index contributed by atoms with van der Waals surface area (Å²) in [4.78, 5) is 14.0. The number of nitrogens with one attached hydrogen (secondary N) is 1. The maximum atomic E-state index is 4.49. The average molecular weight is 242 g/mol. The molecule has 84 valence electrons. The molecule has 4 nitrogen and oxygen atoms in total. The zero-order chi connectivity index (χ0) is 11.5. The summed E-state index contributed by atoms with van der Waals surface area (Å²) in [5.74, 6) is 0.789. The fourth-order valence-corrected chi connectivity index (χ4v) is 2.08. The Balaban J connectivity index is 1.81. The molecule has 0 unspecified atom stereocenters. The summed E-state index contributed by atoms with van der Waals surface area (Å²) in [6.07, 6.45) is 3.61. The van der Waals surface area contributed by atoms with Crippen molar-refractivity contribution >= 4 is 28.2 Å². The minimum Gasteiger partial charge on any atom is -0.364 e. The Hall–Kier alpha value is -2.01. The van der Waals surface area contributed by atoms with E-state index in [-0.39, 0.29) is 0 Å². The van der Waals surface area contributed by atoms with E-state index in [9.17, 15) is 0 Å². The van der Waals surface area contributed by atoms with Gasteiger partial charge in [0.1, 0.15) is 5.82 Å². The summed E-state index contributed by atoms with van der Waals surface area (Å²) in [5, 5.41) is 3.24. The molecule has 1 aromatic carbocycles. The highest BCUT2D eigenvalue weighted by Gasteiger charge is 1.99. The Kier molecular flexibility index (Phi) is 2.67. The topological polar surface area (TPSA) is 50.7 Å². The van der Waals surface area contributed by atoms with Crippen LogP contribution >= 0.6 is 11.3 Å². The van der Waals surface area contributed by atoms with Crippen molar-refractivity contribution in [3.8, 4) is 0 Å². The van der Waals surface area contributed by atoms with E-state index in [4.69, 9.17) is 0 Å². The number of para-hydroxylation sites is 2. The molecule has 0 aliphatic rings. The van der Waals surface area contributed by atoms with Gasteiger partial charge in [-0.15, -0.1) is 11.3 Å². The molecule has 2 aromatic heterocycles. The lowest BCUT2D eigenvalue weighted by atomic mass is 10.3. The molecule has 5 heteroatoms. The number of rotatable bonds is 3. The van der Waals surface area contributed by atoms with Crippen LogP contribution in [0.5, 0.6) is 0 Å². The maximum Gasteiger partial charge on any atom is 0.145 e. The molecule has 0 saturated heterocycles. The summed E-state index contributed by atoms with van der Waals surface area (Å²) in [5.41, 5.74) is 3.64. The summed E-state index contributed by atoms with van der Waals surface area (Å²) < 4.78 is 0. The zero-order valence-corrected chi connectivity index (χ0v) is 9.81. The Morgan fingerprint density at radius 1 is 1.12 bits per heavy atom. The molecule has 17 heavy (non-hydrogen) atoms. The Labute approximate surface area is 102 Å². The molecular weight excluding hydrogens is 232 g/mol. The monoisotopic (exact) mass is 242 g/mol. The number of benzene rings is 1. The first-order valence-electron chi connectivity index (χ1n) is 5.25. The number of aromatic nitrogens is 3. The van der Waals surface area contributed by atoms with Gasteiger partial charge in [-0.05, 0) is 12.1 Å². The van der Waals surface area contributed by atoms with Gasteiger partial charge in [-0.3, -0.25) is 9.97 Å². The van der Waals surface area contributed by atoms with Crippen molar-refractivity contribution in [2.45, 2.75) is 6.54 Å². The third kappa shape index (κ3) is 2.24. The molecule has 3 rings (SSSR count). The number of nitrogens with zero attached hydrogens (tertiary/aromatic N) is 3. The van der Waals surface area contributed by atoms with E-state index in [1.54, 1.807) is 17.5 Å². The smallest absolute Gasteiger partial charge is 0.145 e. The second-order valence-electron chi connectivity index (χ2n) is 3.57. The zero-order valence-electron chi connectivity index (χ0n) is 9.00. The normalized spacial score (nSPS) is 10.6. The van der Waals surface area contributed by atoms with Crippen molar-refractivity contribution in [2.75, 3.05) is 5.32 Å². The second-order valence-corrected chi connectivity index (χ2v) is 4.54. The quantitative estimate of drug-likeness (QED) is 0.767. The van der Waals surface area contributed by atoms with Crippen LogP contribution in [-0.2, 0) is 6.54 Å². The van der Waals surface area contributed by atoms with Crippen molar-refractivity contribution in [2.24, 2.45) is 0 Å². The van der Waals surface area contributed by atoms with Crippen LogP contribution in [0, 0.1) is 0 Å². The Bertz CT molecular complexity index is 621. The van der Waals surface area contributed by atoms with E-state index in [1.165, 1.54) is 4.88 Å².